The molecule has 1 saturated heterocycles. The van der Waals surface area contributed by atoms with Crippen LogP contribution in [0.4, 0.5) is 0 Å². The van der Waals surface area contributed by atoms with Gasteiger partial charge in [0.15, 0.2) is 9.84 Å². The Morgan fingerprint density at radius 2 is 1.84 bits per heavy atom. The fourth-order valence-electron chi connectivity index (χ4n) is 3.23. The van der Waals surface area contributed by atoms with Gasteiger partial charge in [0.2, 0.25) is 5.91 Å². The maximum absolute atomic E-state index is 12.7. The lowest BCUT2D eigenvalue weighted by Crippen LogP contribution is -2.45. The monoisotopic (exact) mass is 283 g/mol. The van der Waals surface area contributed by atoms with E-state index in [1.807, 2.05) is 4.90 Å². The second-order valence-corrected chi connectivity index (χ2v) is 8.24. The fourth-order valence-corrected chi connectivity index (χ4v) is 4.95. The van der Waals surface area contributed by atoms with Crippen molar-refractivity contribution in [2.45, 2.75) is 50.6 Å². The Balaban J connectivity index is 1.74. The second kappa shape index (κ2) is 4.93. The first-order valence-electron chi connectivity index (χ1n) is 7.24. The Hall–Kier alpha value is -0.840. The molecule has 2 fully saturated rings. The lowest BCUT2D eigenvalue weighted by molar-refractivity contribution is -0.138. The molecule has 0 aromatic carbocycles. The number of rotatable bonds is 3. The highest BCUT2D eigenvalue weighted by Crippen LogP contribution is 2.35. The maximum atomic E-state index is 12.7. The first-order valence-corrected chi connectivity index (χ1v) is 9.06. The molecule has 1 amide bonds. The van der Waals surface area contributed by atoms with Crippen LogP contribution in [-0.4, -0.2) is 42.8 Å². The van der Waals surface area contributed by atoms with E-state index in [1.165, 1.54) is 0 Å². The molecule has 1 aliphatic heterocycles. The molecule has 0 radical (unpaired) electrons. The largest absolute Gasteiger partial charge is 0.335 e. The van der Waals surface area contributed by atoms with Crippen LogP contribution >= 0.6 is 0 Å². The zero-order valence-electron chi connectivity index (χ0n) is 11.1. The minimum absolute atomic E-state index is 0.0593. The smallest absolute Gasteiger partial charge is 0.226 e. The SMILES string of the molecule is O=C(C1CC=CCC1)N(C1CC1)C1CCS(=O)(=O)C1. The van der Waals surface area contributed by atoms with E-state index in [-0.39, 0.29) is 29.4 Å². The third kappa shape index (κ3) is 2.86. The standard InChI is InChI=1S/C14H21NO3S/c16-14(11-4-2-1-3-5-11)15(12-6-7-12)13-8-9-19(17,18)10-13/h1-2,11-13H,3-10H2. The molecule has 3 aliphatic rings. The summed E-state index contributed by atoms with van der Waals surface area (Å²) in [6, 6.07) is 0.257. The summed E-state index contributed by atoms with van der Waals surface area (Å²) in [6.45, 7) is 0. The molecule has 19 heavy (non-hydrogen) atoms. The molecule has 0 aromatic rings. The third-order valence-electron chi connectivity index (χ3n) is 4.41. The average Bonchev–Trinajstić information content (AvgIpc) is 3.15. The molecule has 2 atom stereocenters. The van der Waals surface area contributed by atoms with Crippen molar-refractivity contribution in [1.82, 2.24) is 4.90 Å². The minimum Gasteiger partial charge on any atom is -0.335 e. The second-order valence-electron chi connectivity index (χ2n) is 6.01. The van der Waals surface area contributed by atoms with Gasteiger partial charge < -0.3 is 4.90 Å². The van der Waals surface area contributed by atoms with Gasteiger partial charge in [0.1, 0.15) is 0 Å². The zero-order valence-corrected chi connectivity index (χ0v) is 11.9. The molecule has 4 nitrogen and oxygen atoms in total. The van der Waals surface area contributed by atoms with Gasteiger partial charge in [0.25, 0.3) is 0 Å². The van der Waals surface area contributed by atoms with Gasteiger partial charge >= 0.3 is 0 Å². The molecular formula is C14H21NO3S. The molecule has 0 aromatic heterocycles. The molecule has 1 saturated carbocycles. The van der Waals surface area contributed by atoms with E-state index in [0.29, 0.717) is 12.5 Å². The van der Waals surface area contributed by atoms with Crippen LogP contribution < -0.4 is 0 Å². The van der Waals surface area contributed by atoms with Crippen LogP contribution in [-0.2, 0) is 14.6 Å². The lowest BCUT2D eigenvalue weighted by atomic mass is 9.92. The summed E-state index contributed by atoms with van der Waals surface area (Å²) < 4.78 is 23.3. The summed E-state index contributed by atoms with van der Waals surface area (Å²) >= 11 is 0. The summed E-state index contributed by atoms with van der Waals surface area (Å²) in [4.78, 5) is 14.6. The Labute approximate surface area is 114 Å². The van der Waals surface area contributed by atoms with Gasteiger partial charge in [0.05, 0.1) is 11.5 Å². The van der Waals surface area contributed by atoms with Crippen molar-refractivity contribution in [3.05, 3.63) is 12.2 Å². The molecule has 3 rings (SSSR count). The Morgan fingerprint density at radius 1 is 1.05 bits per heavy atom. The van der Waals surface area contributed by atoms with Gasteiger partial charge in [-0.15, -0.1) is 0 Å². The molecular weight excluding hydrogens is 262 g/mol. The number of nitrogens with zero attached hydrogens (tertiary/aromatic N) is 1. The predicted octanol–water partition coefficient (Wildman–Crippen LogP) is 1.52. The van der Waals surface area contributed by atoms with Crippen LogP contribution in [0.5, 0.6) is 0 Å². The van der Waals surface area contributed by atoms with Crippen LogP contribution in [0.3, 0.4) is 0 Å². The third-order valence-corrected chi connectivity index (χ3v) is 6.17. The molecule has 1 heterocycles. The van der Waals surface area contributed by atoms with E-state index in [0.717, 1.165) is 32.1 Å². The van der Waals surface area contributed by atoms with Crippen LogP contribution in [0, 0.1) is 5.92 Å². The van der Waals surface area contributed by atoms with Crippen molar-refractivity contribution in [3.63, 3.8) is 0 Å². The molecule has 106 valence electrons. The van der Waals surface area contributed by atoms with E-state index in [2.05, 4.69) is 12.2 Å². The number of carbonyl (C=O) groups is 1. The normalized spacial score (nSPS) is 33.3. The van der Waals surface area contributed by atoms with E-state index in [1.54, 1.807) is 0 Å². The van der Waals surface area contributed by atoms with E-state index in [4.69, 9.17) is 0 Å². The van der Waals surface area contributed by atoms with Crippen LogP contribution in [0.2, 0.25) is 0 Å². The van der Waals surface area contributed by atoms with Gasteiger partial charge in [-0.2, -0.15) is 0 Å². The quantitative estimate of drug-likeness (QED) is 0.738. The van der Waals surface area contributed by atoms with Crippen molar-refractivity contribution in [2.75, 3.05) is 11.5 Å². The predicted molar refractivity (Wildman–Crippen MR) is 73.4 cm³/mol. The average molecular weight is 283 g/mol. The topological polar surface area (TPSA) is 54.5 Å². The van der Waals surface area contributed by atoms with Gasteiger partial charge in [-0.1, -0.05) is 12.2 Å². The summed E-state index contributed by atoms with van der Waals surface area (Å²) in [6.07, 6.45) is 9.65. The summed E-state index contributed by atoms with van der Waals surface area (Å²) in [7, 11) is -2.92. The zero-order chi connectivity index (χ0) is 13.5. The summed E-state index contributed by atoms with van der Waals surface area (Å²) in [5.41, 5.74) is 0. The Bertz CT molecular complexity index is 493. The van der Waals surface area contributed by atoms with Crippen LogP contribution in [0.1, 0.15) is 38.5 Å². The molecule has 2 aliphatic carbocycles. The van der Waals surface area contributed by atoms with E-state index >= 15 is 0 Å². The van der Waals surface area contributed by atoms with Gasteiger partial charge in [-0.25, -0.2) is 8.42 Å². The highest BCUT2D eigenvalue weighted by Gasteiger charge is 2.43. The van der Waals surface area contributed by atoms with Crippen molar-refractivity contribution < 1.29 is 13.2 Å². The highest BCUT2D eigenvalue weighted by atomic mass is 32.2. The minimum atomic E-state index is -2.92. The molecule has 0 N–H and O–H groups in total. The maximum Gasteiger partial charge on any atom is 0.226 e. The molecule has 0 spiro atoms. The highest BCUT2D eigenvalue weighted by molar-refractivity contribution is 7.91. The lowest BCUT2D eigenvalue weighted by Gasteiger charge is -2.32. The molecule has 2 unspecified atom stereocenters. The van der Waals surface area contributed by atoms with Crippen LogP contribution in [0.15, 0.2) is 12.2 Å². The number of amides is 1. The first-order chi connectivity index (χ1) is 9.07. The Morgan fingerprint density at radius 3 is 2.37 bits per heavy atom. The first kappa shape index (κ1) is 13.2. The van der Waals surface area contributed by atoms with Crippen molar-refractivity contribution >= 4 is 15.7 Å². The fraction of sp³-hybridized carbons (Fsp3) is 0.786. The van der Waals surface area contributed by atoms with E-state index < -0.39 is 9.84 Å². The van der Waals surface area contributed by atoms with Gasteiger partial charge in [-0.3, -0.25) is 4.79 Å². The summed E-state index contributed by atoms with van der Waals surface area (Å²) in [5, 5.41) is 0. The van der Waals surface area contributed by atoms with E-state index in [9.17, 15) is 13.2 Å². The number of allylic oxidation sites excluding steroid dienone is 2. The summed E-state index contributed by atoms with van der Waals surface area (Å²) in [5.74, 6) is 0.708. The molecule has 5 heteroatoms. The van der Waals surface area contributed by atoms with Crippen LogP contribution in [0.25, 0.3) is 0 Å². The number of hydrogen-bond donors (Lipinski definition) is 0. The molecule has 0 bridgehead atoms. The van der Waals surface area contributed by atoms with Crippen molar-refractivity contribution in [2.24, 2.45) is 5.92 Å². The van der Waals surface area contributed by atoms with Crippen molar-refractivity contribution in [3.8, 4) is 0 Å². The number of sulfone groups is 1. The number of carbonyl (C=O) groups excluding carboxylic acids is 1. The van der Waals surface area contributed by atoms with Gasteiger partial charge in [0, 0.05) is 18.0 Å². The number of hydrogen-bond acceptors (Lipinski definition) is 3. The van der Waals surface area contributed by atoms with Gasteiger partial charge in [-0.05, 0) is 38.5 Å². The Kier molecular flexibility index (Phi) is 3.41. The van der Waals surface area contributed by atoms with Crippen molar-refractivity contribution in [1.29, 1.82) is 0 Å².